The number of fused-ring (bicyclic) bond motifs is 1. The van der Waals surface area contributed by atoms with Gasteiger partial charge in [-0.05, 0) is 30.3 Å². The summed E-state index contributed by atoms with van der Waals surface area (Å²) in [6.45, 7) is -0.0168. The van der Waals surface area contributed by atoms with Gasteiger partial charge in [0.1, 0.15) is 5.52 Å². The molecule has 0 bridgehead atoms. The van der Waals surface area contributed by atoms with E-state index in [-0.39, 0.29) is 40.5 Å². The van der Waals surface area contributed by atoms with Crippen molar-refractivity contribution < 1.29 is 14.2 Å². The third-order valence-corrected chi connectivity index (χ3v) is 4.56. The van der Waals surface area contributed by atoms with Crippen LogP contribution in [0.2, 0.25) is 5.02 Å². The van der Waals surface area contributed by atoms with Crippen LogP contribution in [-0.2, 0) is 6.54 Å². The highest BCUT2D eigenvalue weighted by Gasteiger charge is 2.20. The summed E-state index contributed by atoms with van der Waals surface area (Å²) in [6.07, 6.45) is 0. The molecular weight excluding hydrogens is 408 g/mol. The number of nitrogens with one attached hydrogen (secondary N) is 1. The number of non-ortho nitro benzene ring substituents is 1. The first kappa shape index (κ1) is 17.9. The molecule has 2 aromatic carbocycles. The van der Waals surface area contributed by atoms with Crippen LogP contribution in [0.5, 0.6) is 0 Å². The smallest absolute Gasteiger partial charge is 0.299 e. The van der Waals surface area contributed by atoms with Gasteiger partial charge in [0.15, 0.2) is 11.3 Å². The Labute approximate surface area is 165 Å². The van der Waals surface area contributed by atoms with Crippen LogP contribution in [0.4, 0.5) is 5.69 Å². The molecule has 12 heteroatoms. The van der Waals surface area contributed by atoms with Crippen LogP contribution in [0.25, 0.3) is 22.5 Å². The molecule has 2 heterocycles. The number of nitro benzene ring substituents is 1. The zero-order chi connectivity index (χ0) is 19.7. The van der Waals surface area contributed by atoms with Gasteiger partial charge in [0, 0.05) is 22.2 Å². The van der Waals surface area contributed by atoms with E-state index in [1.807, 2.05) is 0 Å². The fourth-order valence-electron chi connectivity index (χ4n) is 2.44. The van der Waals surface area contributed by atoms with Crippen molar-refractivity contribution in [2.75, 3.05) is 0 Å². The highest BCUT2D eigenvalue weighted by molar-refractivity contribution is 7.00. The molecule has 0 aliphatic rings. The van der Waals surface area contributed by atoms with E-state index in [0.717, 1.165) is 17.8 Å². The molecule has 0 saturated carbocycles. The summed E-state index contributed by atoms with van der Waals surface area (Å²) in [5.41, 5.74) is 0.937. The Hall–Kier alpha value is -3.44. The summed E-state index contributed by atoms with van der Waals surface area (Å²) in [6, 6.07) is 9.45. The predicted octanol–water partition coefficient (Wildman–Crippen LogP) is 3.23. The molecule has 0 saturated heterocycles. The Balaban J connectivity index is 1.50. The summed E-state index contributed by atoms with van der Waals surface area (Å²) < 4.78 is 13.0. The first-order valence-corrected chi connectivity index (χ1v) is 8.89. The van der Waals surface area contributed by atoms with Crippen molar-refractivity contribution in [3.05, 3.63) is 62.9 Å². The monoisotopic (exact) mass is 416 g/mol. The van der Waals surface area contributed by atoms with E-state index < -0.39 is 10.8 Å². The van der Waals surface area contributed by atoms with Gasteiger partial charge in [-0.15, -0.1) is 0 Å². The maximum Gasteiger partial charge on any atom is 0.299 e. The number of nitro groups is 1. The Morgan fingerprint density at radius 2 is 2.04 bits per heavy atom. The van der Waals surface area contributed by atoms with Crippen LogP contribution in [0, 0.1) is 10.1 Å². The minimum atomic E-state index is -0.599. The lowest BCUT2D eigenvalue weighted by atomic mass is 10.1. The molecule has 0 spiro atoms. The summed E-state index contributed by atoms with van der Waals surface area (Å²) >= 11 is 6.68. The van der Waals surface area contributed by atoms with E-state index in [1.54, 1.807) is 24.3 Å². The average molecular weight is 417 g/mol. The van der Waals surface area contributed by atoms with E-state index >= 15 is 0 Å². The zero-order valence-corrected chi connectivity index (χ0v) is 15.4. The Morgan fingerprint density at radius 1 is 1.25 bits per heavy atom. The van der Waals surface area contributed by atoms with Gasteiger partial charge in [0.05, 0.1) is 23.2 Å². The fraction of sp³-hybridized carbons (Fsp3) is 0.0625. The topological polar surface area (TPSA) is 137 Å². The number of aromatic nitrogens is 4. The second kappa shape index (κ2) is 7.29. The highest BCUT2D eigenvalue weighted by atomic mass is 35.5. The standard InChI is InChI=1S/C16H9ClN6O4S/c17-10-3-1-8(2-4-10)16-19-13(20-27-16)7-18-15(24)9-5-11-14(22-28-21-11)12(6-9)23(25)26/h1-6H,7H2,(H,18,24). The summed E-state index contributed by atoms with van der Waals surface area (Å²) in [7, 11) is 0. The van der Waals surface area contributed by atoms with Crippen LogP contribution in [0.1, 0.15) is 16.2 Å². The largest absolute Gasteiger partial charge is 0.345 e. The molecule has 0 aliphatic heterocycles. The van der Waals surface area contributed by atoms with Gasteiger partial charge in [0.25, 0.3) is 17.5 Å². The number of amides is 1. The lowest BCUT2D eigenvalue weighted by Crippen LogP contribution is -2.23. The molecule has 0 unspecified atom stereocenters. The molecule has 2 aromatic heterocycles. The predicted molar refractivity (Wildman–Crippen MR) is 100.0 cm³/mol. The first-order valence-electron chi connectivity index (χ1n) is 7.78. The van der Waals surface area contributed by atoms with E-state index in [1.165, 1.54) is 6.07 Å². The summed E-state index contributed by atoms with van der Waals surface area (Å²) in [4.78, 5) is 27.2. The van der Waals surface area contributed by atoms with Crippen molar-refractivity contribution in [1.82, 2.24) is 24.2 Å². The minimum absolute atomic E-state index is 0.0168. The third-order valence-electron chi connectivity index (χ3n) is 3.77. The van der Waals surface area contributed by atoms with Crippen LogP contribution >= 0.6 is 23.3 Å². The van der Waals surface area contributed by atoms with Gasteiger partial charge in [-0.2, -0.15) is 13.7 Å². The van der Waals surface area contributed by atoms with E-state index in [9.17, 15) is 14.9 Å². The lowest BCUT2D eigenvalue weighted by molar-refractivity contribution is -0.383. The van der Waals surface area contributed by atoms with E-state index in [0.29, 0.717) is 10.6 Å². The Kier molecular flexibility index (Phi) is 4.67. The number of hydrogen-bond acceptors (Lipinski definition) is 9. The second-order valence-electron chi connectivity index (χ2n) is 5.59. The molecule has 28 heavy (non-hydrogen) atoms. The molecule has 0 atom stereocenters. The van der Waals surface area contributed by atoms with Gasteiger partial charge in [-0.1, -0.05) is 16.8 Å². The molecule has 1 amide bonds. The van der Waals surface area contributed by atoms with Crippen molar-refractivity contribution in [2.24, 2.45) is 0 Å². The number of halogens is 1. The number of carbonyl (C=O) groups excluding carboxylic acids is 1. The van der Waals surface area contributed by atoms with Gasteiger partial charge >= 0.3 is 0 Å². The SMILES string of the molecule is O=C(NCc1noc(-c2ccc(Cl)cc2)n1)c1cc([N+](=O)[O-])c2nsnc2c1. The van der Waals surface area contributed by atoms with Gasteiger partial charge in [-0.25, -0.2) is 0 Å². The number of hydrogen-bond donors (Lipinski definition) is 1. The fourth-order valence-corrected chi connectivity index (χ4v) is 3.10. The normalized spacial score (nSPS) is 10.9. The van der Waals surface area contributed by atoms with Crippen molar-refractivity contribution in [2.45, 2.75) is 6.54 Å². The van der Waals surface area contributed by atoms with Crippen molar-refractivity contribution in [3.63, 3.8) is 0 Å². The molecule has 0 aliphatic carbocycles. The maximum atomic E-state index is 12.4. The lowest BCUT2D eigenvalue weighted by Gasteiger charge is -2.02. The highest BCUT2D eigenvalue weighted by Crippen LogP contribution is 2.26. The van der Waals surface area contributed by atoms with E-state index in [2.05, 4.69) is 24.2 Å². The van der Waals surface area contributed by atoms with Crippen LogP contribution in [0.3, 0.4) is 0 Å². The number of benzene rings is 2. The second-order valence-corrected chi connectivity index (χ2v) is 6.55. The molecule has 140 valence electrons. The molecule has 4 rings (SSSR count). The van der Waals surface area contributed by atoms with Crippen molar-refractivity contribution in [3.8, 4) is 11.5 Å². The average Bonchev–Trinajstić information content (AvgIpc) is 3.35. The number of nitrogens with zero attached hydrogens (tertiary/aromatic N) is 5. The quantitative estimate of drug-likeness (QED) is 0.386. The molecule has 0 fully saturated rings. The van der Waals surface area contributed by atoms with E-state index in [4.69, 9.17) is 16.1 Å². The van der Waals surface area contributed by atoms with Crippen LogP contribution < -0.4 is 5.32 Å². The Morgan fingerprint density at radius 3 is 2.79 bits per heavy atom. The van der Waals surface area contributed by atoms with Gasteiger partial charge in [-0.3, -0.25) is 14.9 Å². The van der Waals surface area contributed by atoms with Crippen LogP contribution in [0.15, 0.2) is 40.9 Å². The number of carbonyl (C=O) groups is 1. The van der Waals surface area contributed by atoms with Crippen molar-refractivity contribution in [1.29, 1.82) is 0 Å². The van der Waals surface area contributed by atoms with Gasteiger partial charge in [0.2, 0.25) is 0 Å². The maximum absolute atomic E-state index is 12.4. The van der Waals surface area contributed by atoms with Crippen LogP contribution in [-0.4, -0.2) is 29.7 Å². The molecule has 4 aromatic rings. The Bertz CT molecular complexity index is 1190. The zero-order valence-electron chi connectivity index (χ0n) is 13.8. The minimum Gasteiger partial charge on any atom is -0.345 e. The number of rotatable bonds is 5. The third kappa shape index (κ3) is 3.52. The first-order chi connectivity index (χ1) is 13.5. The van der Waals surface area contributed by atoms with Gasteiger partial charge < -0.3 is 9.84 Å². The molecule has 1 N–H and O–H groups in total. The van der Waals surface area contributed by atoms with Crippen molar-refractivity contribution >= 4 is 46.0 Å². The summed E-state index contributed by atoms with van der Waals surface area (Å²) in [5, 5.41) is 18.2. The molecular formula is C16H9ClN6O4S. The molecule has 10 nitrogen and oxygen atoms in total. The summed E-state index contributed by atoms with van der Waals surface area (Å²) in [5.74, 6) is 0.00608. The molecule has 0 radical (unpaired) electrons.